The molecule has 200 valence electrons. The molecule has 0 unspecified atom stereocenters. The molecular weight excluding hydrogens is 494 g/mol. The summed E-state index contributed by atoms with van der Waals surface area (Å²) in [6.07, 6.45) is 1.70. The molecule has 1 aliphatic rings. The second-order valence-electron chi connectivity index (χ2n) is 10.2. The Balaban J connectivity index is 1.51. The summed E-state index contributed by atoms with van der Waals surface area (Å²) < 4.78 is 23.9. The maximum absolute atomic E-state index is 12.4. The van der Waals surface area contributed by atoms with Crippen molar-refractivity contribution in [2.45, 2.75) is 20.0 Å². The lowest BCUT2D eigenvalue weighted by Crippen LogP contribution is -2.41. The van der Waals surface area contributed by atoms with E-state index in [0.717, 1.165) is 11.1 Å². The van der Waals surface area contributed by atoms with Crippen LogP contribution in [-0.2, 0) is 4.74 Å². The Hall–Kier alpha value is -4.35. The van der Waals surface area contributed by atoms with Gasteiger partial charge in [0.1, 0.15) is 34.9 Å². The number of hydrogen-bond acceptors (Lipinski definition) is 7. The number of carbonyl (C=O) groups excluding carboxylic acids is 1. The smallest absolute Gasteiger partial charge is 0.253 e. The standard InChI is InChI=1S/C31H31N3O5/c1-18-16-37-17-19(2)29(18)38-26-9-7-20(12-22(26)15-32)23-10-11-33-25-14-28(39-30(23)25)24-8-6-21(13-27(24)36-5)31(35)34(3)4/h6-14,18-19,29H,16-17H2,1-5H3/t18-,19+,29+. The molecule has 5 rings (SSSR count). The van der Waals surface area contributed by atoms with Gasteiger partial charge in [-0.25, -0.2) is 0 Å². The Morgan fingerprint density at radius 1 is 1.03 bits per heavy atom. The predicted molar refractivity (Wildman–Crippen MR) is 148 cm³/mol. The van der Waals surface area contributed by atoms with E-state index >= 15 is 0 Å². The molecule has 4 aromatic rings. The minimum absolute atomic E-state index is 0.0219. The Labute approximate surface area is 227 Å². The number of carbonyl (C=O) groups is 1. The molecule has 8 heteroatoms. The van der Waals surface area contributed by atoms with Crippen LogP contribution in [0.1, 0.15) is 29.8 Å². The Morgan fingerprint density at radius 3 is 2.49 bits per heavy atom. The Bertz CT molecular complexity index is 1560. The monoisotopic (exact) mass is 525 g/mol. The topological polar surface area (TPSA) is 97.8 Å². The van der Waals surface area contributed by atoms with Crippen LogP contribution in [0.3, 0.4) is 0 Å². The van der Waals surface area contributed by atoms with Crippen molar-refractivity contribution >= 4 is 17.0 Å². The van der Waals surface area contributed by atoms with Crippen molar-refractivity contribution in [2.24, 2.45) is 11.8 Å². The van der Waals surface area contributed by atoms with Gasteiger partial charge in [0.2, 0.25) is 0 Å². The average Bonchev–Trinajstić information content (AvgIpc) is 3.38. The van der Waals surface area contributed by atoms with Crippen molar-refractivity contribution in [2.75, 3.05) is 34.4 Å². The van der Waals surface area contributed by atoms with E-state index in [0.29, 0.717) is 58.3 Å². The van der Waals surface area contributed by atoms with Crippen LogP contribution in [0, 0.1) is 23.2 Å². The van der Waals surface area contributed by atoms with E-state index in [-0.39, 0.29) is 23.8 Å². The number of hydrogen-bond donors (Lipinski definition) is 0. The average molecular weight is 526 g/mol. The first-order valence-corrected chi connectivity index (χ1v) is 12.9. The van der Waals surface area contributed by atoms with E-state index in [9.17, 15) is 10.1 Å². The summed E-state index contributed by atoms with van der Waals surface area (Å²) in [5.74, 6) is 1.99. The van der Waals surface area contributed by atoms with Gasteiger partial charge in [-0.15, -0.1) is 0 Å². The quantitative estimate of drug-likeness (QED) is 0.314. The number of nitrogens with zero attached hydrogens (tertiary/aromatic N) is 3. The van der Waals surface area contributed by atoms with Crippen molar-refractivity contribution in [3.8, 4) is 40.0 Å². The first-order valence-electron chi connectivity index (χ1n) is 12.9. The summed E-state index contributed by atoms with van der Waals surface area (Å²) in [4.78, 5) is 18.4. The number of furan rings is 1. The van der Waals surface area contributed by atoms with Crippen LogP contribution in [0.25, 0.3) is 33.6 Å². The molecule has 3 heterocycles. The Morgan fingerprint density at radius 2 is 1.79 bits per heavy atom. The van der Waals surface area contributed by atoms with Gasteiger partial charge in [-0.2, -0.15) is 5.26 Å². The zero-order valence-corrected chi connectivity index (χ0v) is 22.7. The molecule has 0 N–H and O–H groups in total. The highest BCUT2D eigenvalue weighted by atomic mass is 16.5. The molecule has 2 aromatic carbocycles. The molecule has 1 saturated heterocycles. The van der Waals surface area contributed by atoms with E-state index in [4.69, 9.17) is 18.6 Å². The molecule has 1 amide bonds. The van der Waals surface area contributed by atoms with Gasteiger partial charge in [0.15, 0.2) is 5.58 Å². The number of aromatic nitrogens is 1. The lowest BCUT2D eigenvalue weighted by molar-refractivity contribution is -0.0551. The van der Waals surface area contributed by atoms with Crippen LogP contribution in [0.4, 0.5) is 0 Å². The SMILES string of the molecule is COc1cc(C(=O)N(C)C)ccc1-c1cc2nccc(-c3ccc(O[C@H]4[C@H](C)COC[C@@H]4C)c(C#N)c3)c2o1. The van der Waals surface area contributed by atoms with Gasteiger partial charge in [-0.1, -0.05) is 19.9 Å². The van der Waals surface area contributed by atoms with Gasteiger partial charge in [0.25, 0.3) is 5.91 Å². The summed E-state index contributed by atoms with van der Waals surface area (Å²) >= 11 is 0. The third kappa shape index (κ3) is 5.06. The molecule has 8 nitrogen and oxygen atoms in total. The minimum atomic E-state index is -0.116. The zero-order valence-electron chi connectivity index (χ0n) is 22.7. The molecule has 0 saturated carbocycles. The molecule has 39 heavy (non-hydrogen) atoms. The van der Waals surface area contributed by atoms with Gasteiger partial charge in [-0.3, -0.25) is 9.78 Å². The number of nitriles is 1. The van der Waals surface area contributed by atoms with Gasteiger partial charge < -0.3 is 23.5 Å². The second kappa shape index (κ2) is 10.8. The number of fused-ring (bicyclic) bond motifs is 1. The fourth-order valence-corrected chi connectivity index (χ4v) is 5.04. The summed E-state index contributed by atoms with van der Waals surface area (Å²) in [5.41, 5.74) is 4.57. The van der Waals surface area contributed by atoms with Gasteiger partial charge in [0.05, 0.1) is 31.5 Å². The first kappa shape index (κ1) is 26.3. The third-order valence-corrected chi connectivity index (χ3v) is 7.09. The Kier molecular flexibility index (Phi) is 7.27. The number of rotatable bonds is 6. The number of amides is 1. The molecule has 2 aromatic heterocycles. The third-order valence-electron chi connectivity index (χ3n) is 7.09. The minimum Gasteiger partial charge on any atom is -0.496 e. The summed E-state index contributed by atoms with van der Waals surface area (Å²) in [6.45, 7) is 5.49. The molecule has 0 spiro atoms. The van der Waals surface area contributed by atoms with Crippen molar-refractivity contribution in [3.63, 3.8) is 0 Å². The van der Waals surface area contributed by atoms with Crippen molar-refractivity contribution in [1.29, 1.82) is 5.26 Å². The maximum Gasteiger partial charge on any atom is 0.253 e. The molecule has 0 aliphatic carbocycles. The molecule has 1 aliphatic heterocycles. The summed E-state index contributed by atoms with van der Waals surface area (Å²) in [7, 11) is 4.97. The number of methoxy groups -OCH3 is 1. The van der Waals surface area contributed by atoms with Crippen molar-refractivity contribution < 1.29 is 23.4 Å². The van der Waals surface area contributed by atoms with Crippen LogP contribution in [0.2, 0.25) is 0 Å². The van der Waals surface area contributed by atoms with Crippen molar-refractivity contribution in [1.82, 2.24) is 9.88 Å². The largest absolute Gasteiger partial charge is 0.496 e. The van der Waals surface area contributed by atoms with Gasteiger partial charge in [-0.05, 0) is 42.0 Å². The van der Waals surface area contributed by atoms with Crippen LogP contribution in [-0.4, -0.2) is 56.3 Å². The predicted octanol–water partition coefficient (Wildman–Crippen LogP) is 5.79. The summed E-state index contributed by atoms with van der Waals surface area (Å²) in [5, 5.41) is 9.94. The fourth-order valence-electron chi connectivity index (χ4n) is 5.04. The summed E-state index contributed by atoms with van der Waals surface area (Å²) in [6, 6.07) is 16.9. The maximum atomic E-state index is 12.4. The van der Waals surface area contributed by atoms with Gasteiger partial charge in [0, 0.05) is 49.3 Å². The second-order valence-corrected chi connectivity index (χ2v) is 10.2. The number of pyridine rings is 1. The van der Waals surface area contributed by atoms with E-state index in [1.807, 2.05) is 36.4 Å². The molecular formula is C31H31N3O5. The number of benzene rings is 2. The van der Waals surface area contributed by atoms with E-state index in [1.165, 1.54) is 4.90 Å². The normalized spacial score (nSPS) is 18.9. The zero-order chi connectivity index (χ0) is 27.7. The van der Waals surface area contributed by atoms with Gasteiger partial charge >= 0.3 is 0 Å². The molecule has 3 atom stereocenters. The van der Waals surface area contributed by atoms with Crippen LogP contribution in [0.15, 0.2) is 59.1 Å². The molecule has 1 fully saturated rings. The lowest BCUT2D eigenvalue weighted by Gasteiger charge is -2.34. The highest BCUT2D eigenvalue weighted by molar-refractivity contribution is 5.96. The molecule has 0 bridgehead atoms. The van der Waals surface area contributed by atoms with Crippen LogP contribution in [0.5, 0.6) is 11.5 Å². The van der Waals surface area contributed by atoms with Crippen LogP contribution < -0.4 is 9.47 Å². The fraction of sp³-hybridized carbons (Fsp3) is 0.323. The van der Waals surface area contributed by atoms with Crippen molar-refractivity contribution in [3.05, 3.63) is 65.9 Å². The van der Waals surface area contributed by atoms with E-state index in [1.54, 1.807) is 39.5 Å². The molecule has 0 radical (unpaired) electrons. The highest BCUT2D eigenvalue weighted by Crippen LogP contribution is 2.39. The van der Waals surface area contributed by atoms with Crippen LogP contribution >= 0.6 is 0 Å². The lowest BCUT2D eigenvalue weighted by atomic mass is 9.92. The number of ether oxygens (including phenoxy) is 3. The highest BCUT2D eigenvalue weighted by Gasteiger charge is 2.31. The van der Waals surface area contributed by atoms with E-state index in [2.05, 4.69) is 24.9 Å². The van der Waals surface area contributed by atoms with E-state index < -0.39 is 0 Å². The first-order chi connectivity index (χ1) is 18.8.